The van der Waals surface area contributed by atoms with E-state index in [-0.39, 0.29) is 22.4 Å². The maximum absolute atomic E-state index is 13.2. The number of hydrogen-bond acceptors (Lipinski definition) is 4. The number of aromatic nitrogens is 1. The molecule has 0 fully saturated rings. The third-order valence-corrected chi connectivity index (χ3v) is 5.13. The summed E-state index contributed by atoms with van der Waals surface area (Å²) < 4.78 is 40.5. The van der Waals surface area contributed by atoms with Crippen LogP contribution in [-0.2, 0) is 6.18 Å². The summed E-state index contributed by atoms with van der Waals surface area (Å²) in [5.41, 5.74) is -0.716. The predicted octanol–water partition coefficient (Wildman–Crippen LogP) is 5.67. The minimum absolute atomic E-state index is 0.133. The molecule has 0 saturated heterocycles. The van der Waals surface area contributed by atoms with Gasteiger partial charge in [0.05, 0.1) is 22.5 Å². The van der Waals surface area contributed by atoms with Crippen LogP contribution in [-0.4, -0.2) is 21.7 Å². The molecule has 4 aromatic rings. The monoisotopic (exact) mass is 450 g/mol. The Morgan fingerprint density at radius 3 is 2.36 bits per heavy atom. The molecule has 0 aliphatic rings. The lowest BCUT2D eigenvalue weighted by atomic mass is 10.1. The zero-order valence-corrected chi connectivity index (χ0v) is 17.3. The number of rotatable bonds is 4. The lowest BCUT2D eigenvalue weighted by Crippen LogP contribution is -2.20. The number of ketones is 1. The molecule has 33 heavy (non-hydrogen) atoms. The van der Waals surface area contributed by atoms with Gasteiger partial charge in [0.15, 0.2) is 5.78 Å². The molecule has 0 bridgehead atoms. The Morgan fingerprint density at radius 1 is 0.970 bits per heavy atom. The van der Waals surface area contributed by atoms with Crippen molar-refractivity contribution in [2.24, 2.45) is 4.99 Å². The number of carbonyl (C=O) groups is 1. The fourth-order valence-corrected chi connectivity index (χ4v) is 3.49. The molecule has 0 amide bonds. The molecule has 0 aliphatic heterocycles. The van der Waals surface area contributed by atoms with Gasteiger partial charge >= 0.3 is 6.18 Å². The van der Waals surface area contributed by atoms with E-state index in [4.69, 9.17) is 0 Å². The first-order chi connectivity index (χ1) is 15.7. The molecule has 0 aliphatic carbocycles. The molecular weight excluding hydrogens is 433 g/mol. The van der Waals surface area contributed by atoms with Gasteiger partial charge in [-0.15, -0.1) is 0 Å². The van der Waals surface area contributed by atoms with E-state index in [0.717, 1.165) is 16.7 Å². The first-order valence-electron chi connectivity index (χ1n) is 9.86. The van der Waals surface area contributed by atoms with Crippen LogP contribution in [0.15, 0.2) is 82.6 Å². The molecule has 4 rings (SSSR count). The van der Waals surface area contributed by atoms with Crippen molar-refractivity contribution in [1.82, 2.24) is 4.57 Å². The summed E-state index contributed by atoms with van der Waals surface area (Å²) in [7, 11) is 0. The Kier molecular flexibility index (Phi) is 5.59. The van der Waals surface area contributed by atoms with Crippen molar-refractivity contribution in [2.75, 3.05) is 0 Å². The lowest BCUT2D eigenvalue weighted by molar-refractivity contribution is -0.137. The third kappa shape index (κ3) is 4.27. The minimum Gasteiger partial charge on any atom is -0.494 e. The van der Waals surface area contributed by atoms with Crippen molar-refractivity contribution >= 4 is 28.5 Å². The molecule has 1 heterocycles. The van der Waals surface area contributed by atoms with Crippen LogP contribution in [0.2, 0.25) is 0 Å². The van der Waals surface area contributed by atoms with Crippen LogP contribution in [0.4, 0.5) is 18.9 Å². The van der Waals surface area contributed by atoms with E-state index in [1.54, 1.807) is 42.5 Å². The van der Waals surface area contributed by atoms with Gasteiger partial charge in [0.2, 0.25) is 5.88 Å². The van der Waals surface area contributed by atoms with Gasteiger partial charge in [0, 0.05) is 22.6 Å². The molecule has 5 nitrogen and oxygen atoms in total. The number of aliphatic imine (C=N–C) groups is 1. The topological polar surface area (TPSA) is 71.7 Å². The molecule has 1 N–H and O–H groups in total. The molecule has 1 aromatic heterocycles. The van der Waals surface area contributed by atoms with Gasteiger partial charge in [-0.3, -0.25) is 14.6 Å². The van der Waals surface area contributed by atoms with E-state index >= 15 is 0 Å². The summed E-state index contributed by atoms with van der Waals surface area (Å²) in [5, 5.41) is 11.6. The van der Waals surface area contributed by atoms with Crippen LogP contribution in [0.25, 0.3) is 16.5 Å². The largest absolute Gasteiger partial charge is 0.494 e. The van der Waals surface area contributed by atoms with E-state index < -0.39 is 23.2 Å². The molecule has 0 spiro atoms. The highest BCUT2D eigenvalue weighted by Crippen LogP contribution is 2.32. The number of fused-ring (bicyclic) bond motifs is 1. The number of benzene rings is 3. The molecule has 0 saturated carbocycles. The molecule has 0 radical (unpaired) electrons. The van der Waals surface area contributed by atoms with Crippen molar-refractivity contribution in [3.05, 3.63) is 99.8 Å². The van der Waals surface area contributed by atoms with Gasteiger partial charge in [-0.25, -0.2) is 4.57 Å². The second-order valence-corrected chi connectivity index (χ2v) is 7.34. The van der Waals surface area contributed by atoms with Crippen molar-refractivity contribution in [1.29, 1.82) is 0 Å². The normalized spacial score (nSPS) is 11.9. The number of pyridine rings is 1. The number of nitrogens with zero attached hydrogens (tertiary/aromatic N) is 2. The number of aromatic hydroxyl groups is 1. The second kappa shape index (κ2) is 8.38. The lowest BCUT2D eigenvalue weighted by Gasteiger charge is -2.15. The Hall–Kier alpha value is -4.20. The minimum atomic E-state index is -4.61. The maximum Gasteiger partial charge on any atom is 0.416 e. The summed E-state index contributed by atoms with van der Waals surface area (Å²) in [6, 6.07) is 17.1. The third-order valence-electron chi connectivity index (χ3n) is 5.13. The molecular formula is C25H17F3N2O3. The fourth-order valence-electron chi connectivity index (χ4n) is 3.49. The van der Waals surface area contributed by atoms with Crippen LogP contribution >= 0.6 is 0 Å². The highest BCUT2D eigenvalue weighted by molar-refractivity contribution is 6.02. The Bertz CT molecular complexity index is 1470. The molecule has 166 valence electrons. The fraction of sp³-hybridized carbons (Fsp3) is 0.0800. The molecule has 3 aromatic carbocycles. The van der Waals surface area contributed by atoms with Gasteiger partial charge < -0.3 is 5.11 Å². The van der Waals surface area contributed by atoms with Crippen molar-refractivity contribution in [3.8, 4) is 11.6 Å². The van der Waals surface area contributed by atoms with Gasteiger partial charge in [0.25, 0.3) is 5.56 Å². The van der Waals surface area contributed by atoms with Crippen LogP contribution in [0.1, 0.15) is 28.4 Å². The Balaban J connectivity index is 1.94. The summed E-state index contributed by atoms with van der Waals surface area (Å²) >= 11 is 0. The van der Waals surface area contributed by atoms with E-state index in [1.165, 1.54) is 31.3 Å². The van der Waals surface area contributed by atoms with E-state index in [9.17, 15) is 27.9 Å². The zero-order chi connectivity index (χ0) is 23.8. The molecule has 0 atom stereocenters. The van der Waals surface area contributed by atoms with Crippen LogP contribution in [0.3, 0.4) is 0 Å². The average molecular weight is 450 g/mol. The zero-order valence-electron chi connectivity index (χ0n) is 17.3. The van der Waals surface area contributed by atoms with Gasteiger partial charge in [-0.1, -0.05) is 36.4 Å². The summed E-state index contributed by atoms with van der Waals surface area (Å²) in [5.74, 6) is -0.692. The van der Waals surface area contributed by atoms with Gasteiger partial charge in [0.1, 0.15) is 0 Å². The summed E-state index contributed by atoms with van der Waals surface area (Å²) in [6.45, 7) is 1.42. The smallest absolute Gasteiger partial charge is 0.416 e. The number of alkyl halides is 3. The number of carbonyl (C=O) groups excluding carboxylic acids is 1. The number of halogens is 3. The highest BCUT2D eigenvalue weighted by Gasteiger charge is 2.31. The van der Waals surface area contributed by atoms with Crippen LogP contribution in [0.5, 0.6) is 5.88 Å². The average Bonchev–Trinajstić information content (AvgIpc) is 2.79. The molecule has 8 heteroatoms. The predicted molar refractivity (Wildman–Crippen MR) is 120 cm³/mol. The summed E-state index contributed by atoms with van der Waals surface area (Å²) in [6.07, 6.45) is -3.29. The van der Waals surface area contributed by atoms with Crippen LogP contribution < -0.4 is 5.56 Å². The van der Waals surface area contributed by atoms with Gasteiger partial charge in [-0.05, 0) is 43.3 Å². The highest BCUT2D eigenvalue weighted by atomic mass is 19.4. The van der Waals surface area contributed by atoms with E-state index in [1.807, 2.05) is 0 Å². The first kappa shape index (κ1) is 22.0. The number of Topliss-reactive ketones (excluding diaryl/α,β-unsaturated/α-hetero) is 1. The second-order valence-electron chi connectivity index (χ2n) is 7.34. The van der Waals surface area contributed by atoms with Crippen molar-refractivity contribution in [2.45, 2.75) is 13.1 Å². The van der Waals surface area contributed by atoms with Crippen molar-refractivity contribution < 1.29 is 23.1 Å². The van der Waals surface area contributed by atoms with Gasteiger partial charge in [-0.2, -0.15) is 13.2 Å². The maximum atomic E-state index is 13.2. The Morgan fingerprint density at radius 2 is 1.67 bits per heavy atom. The Labute approximate surface area is 186 Å². The SMILES string of the molecule is CC(=O)c1cccc(N=Cc2c(O)n(-c3cccc(C(F)(F)F)c3)c(=O)c3ccccc23)c1. The van der Waals surface area contributed by atoms with Crippen molar-refractivity contribution in [3.63, 3.8) is 0 Å². The molecule has 0 unspecified atom stereocenters. The first-order valence-corrected chi connectivity index (χ1v) is 9.86. The summed E-state index contributed by atoms with van der Waals surface area (Å²) in [4.78, 5) is 29.0. The number of hydrogen-bond donors (Lipinski definition) is 1. The standard InChI is InChI=1S/C25H17F3N2O3/c1-15(31)16-6-4-8-18(12-16)29-14-22-20-10-2-3-11-21(20)23(32)30(24(22)33)19-9-5-7-17(13-19)25(26,27)28/h2-14,33H,1H3. The quantitative estimate of drug-likeness (QED) is 0.322. The van der Waals surface area contributed by atoms with E-state index in [2.05, 4.69) is 4.99 Å². The van der Waals surface area contributed by atoms with E-state index in [0.29, 0.717) is 16.6 Å². The van der Waals surface area contributed by atoms with Crippen LogP contribution in [0, 0.1) is 0 Å².